The van der Waals surface area contributed by atoms with Crippen molar-refractivity contribution in [3.05, 3.63) is 99.6 Å². The topological polar surface area (TPSA) is 12.0 Å². The lowest BCUT2D eigenvalue weighted by Crippen LogP contribution is -2.18. The van der Waals surface area contributed by atoms with Gasteiger partial charge in [0, 0.05) is 17.0 Å². The minimum absolute atomic E-state index is 0.570. The lowest BCUT2D eigenvalue weighted by Gasteiger charge is -2.26. The van der Waals surface area contributed by atoms with Crippen molar-refractivity contribution in [1.82, 2.24) is 0 Å². The Morgan fingerprint density at radius 3 is 2.66 bits per heavy atom. The van der Waals surface area contributed by atoms with Crippen LogP contribution in [-0.2, 0) is 19.3 Å². The second-order valence-electron chi connectivity index (χ2n) is 8.92. The molecule has 0 spiro atoms. The molecule has 0 heterocycles. The van der Waals surface area contributed by atoms with E-state index in [0.29, 0.717) is 11.8 Å². The lowest BCUT2D eigenvalue weighted by atomic mass is 9.79. The monoisotopic (exact) mass is 465 g/mol. The molecule has 0 fully saturated rings. The van der Waals surface area contributed by atoms with Crippen LogP contribution < -0.4 is 4.72 Å². The molecule has 0 amide bonds. The van der Waals surface area contributed by atoms with E-state index in [1.807, 2.05) is 25.2 Å². The zero-order valence-electron chi connectivity index (χ0n) is 19.8. The maximum atomic E-state index is 6.79. The molecule has 32 heavy (non-hydrogen) atoms. The maximum Gasteiger partial charge on any atom is 0.0442 e. The van der Waals surface area contributed by atoms with Crippen molar-refractivity contribution in [2.75, 3.05) is 11.0 Å². The van der Waals surface area contributed by atoms with Gasteiger partial charge in [0.15, 0.2) is 0 Å². The summed E-state index contributed by atoms with van der Waals surface area (Å²) in [6, 6.07) is 17.8. The first-order valence-corrected chi connectivity index (χ1v) is 13.2. The summed E-state index contributed by atoms with van der Waals surface area (Å²) >= 11 is 8.43. The van der Waals surface area contributed by atoms with E-state index < -0.39 is 0 Å². The minimum atomic E-state index is 0.570. The van der Waals surface area contributed by atoms with Gasteiger partial charge in [-0.15, -0.1) is 0 Å². The largest absolute Gasteiger partial charge is 0.330 e. The van der Waals surface area contributed by atoms with E-state index in [4.69, 9.17) is 11.6 Å². The molecule has 0 saturated heterocycles. The standard InChI is InChI=1S/C29H36ClNS/c1-5-6-14-29(30)28-16-15-24-11-7-8-12-25(24)20-26(18-22(28)3)21(2)17-23-10-9-13-27(19-23)31-32-4/h5-14,19,21,26,31H,15-18,20H2,1-4H3/b6-5-,28-22+,29-14+. The molecule has 1 aliphatic rings. The number of allylic oxidation sites excluding steroid dienone is 6. The molecule has 0 aliphatic heterocycles. The molecule has 0 radical (unpaired) electrons. The summed E-state index contributed by atoms with van der Waals surface area (Å²) in [6.45, 7) is 6.74. The van der Waals surface area contributed by atoms with Crippen LogP contribution in [0.4, 0.5) is 5.69 Å². The third kappa shape index (κ3) is 6.80. The molecule has 2 unspecified atom stereocenters. The molecule has 0 saturated carbocycles. The van der Waals surface area contributed by atoms with E-state index in [1.54, 1.807) is 11.9 Å². The second-order valence-corrected chi connectivity index (χ2v) is 9.94. The van der Waals surface area contributed by atoms with Crippen molar-refractivity contribution in [2.45, 2.75) is 52.9 Å². The number of rotatable bonds is 7. The van der Waals surface area contributed by atoms with Crippen molar-refractivity contribution in [2.24, 2.45) is 11.8 Å². The number of fused-ring (bicyclic) bond motifs is 1. The number of anilines is 1. The third-order valence-corrected chi connectivity index (χ3v) is 7.35. The molecule has 2 aromatic rings. The van der Waals surface area contributed by atoms with E-state index in [0.717, 1.165) is 37.1 Å². The summed E-state index contributed by atoms with van der Waals surface area (Å²) in [4.78, 5) is 0. The van der Waals surface area contributed by atoms with Gasteiger partial charge in [-0.3, -0.25) is 0 Å². The van der Waals surface area contributed by atoms with Gasteiger partial charge in [0.05, 0.1) is 0 Å². The summed E-state index contributed by atoms with van der Waals surface area (Å²) in [7, 11) is 0. The zero-order valence-corrected chi connectivity index (χ0v) is 21.4. The molecule has 1 nitrogen and oxygen atoms in total. The Labute approximate surface area is 204 Å². The number of nitrogens with one attached hydrogen (secondary N) is 1. The molecule has 3 rings (SSSR count). The Balaban J connectivity index is 1.91. The fourth-order valence-corrected chi connectivity index (χ4v) is 5.46. The fourth-order valence-electron chi connectivity index (χ4n) is 4.77. The first kappa shape index (κ1) is 24.7. The molecule has 1 aliphatic carbocycles. The SMILES string of the molecule is C\C=C/C=C(Cl)\C1=C(/C)CC(C(C)Cc2cccc(NSC)c2)Cc2ccccc2CC1. The van der Waals surface area contributed by atoms with Crippen LogP contribution in [-0.4, -0.2) is 6.26 Å². The van der Waals surface area contributed by atoms with Crippen LogP contribution in [0.2, 0.25) is 0 Å². The van der Waals surface area contributed by atoms with Crippen molar-refractivity contribution in [1.29, 1.82) is 0 Å². The number of hydrogen-bond donors (Lipinski definition) is 1. The van der Waals surface area contributed by atoms with Crippen LogP contribution in [0.3, 0.4) is 0 Å². The molecule has 170 valence electrons. The summed E-state index contributed by atoms with van der Waals surface area (Å²) < 4.78 is 3.37. The molecule has 0 bridgehead atoms. The Bertz CT molecular complexity index is 988. The highest BCUT2D eigenvalue weighted by Crippen LogP contribution is 2.35. The molecule has 2 atom stereocenters. The summed E-state index contributed by atoms with van der Waals surface area (Å²) in [6.07, 6.45) is 13.5. The van der Waals surface area contributed by atoms with Gasteiger partial charge < -0.3 is 4.72 Å². The van der Waals surface area contributed by atoms with Crippen molar-refractivity contribution in [3.8, 4) is 0 Å². The molecule has 3 heteroatoms. The third-order valence-electron chi connectivity index (χ3n) is 6.56. The zero-order chi connectivity index (χ0) is 22.9. The highest BCUT2D eigenvalue weighted by Gasteiger charge is 2.23. The van der Waals surface area contributed by atoms with E-state index in [2.05, 4.69) is 73.4 Å². The summed E-state index contributed by atoms with van der Waals surface area (Å²) in [5.74, 6) is 1.15. The van der Waals surface area contributed by atoms with Crippen LogP contribution in [0.25, 0.3) is 0 Å². The number of aryl methyl sites for hydroxylation is 1. The van der Waals surface area contributed by atoms with Gasteiger partial charge in [0.25, 0.3) is 0 Å². The predicted octanol–water partition coefficient (Wildman–Crippen LogP) is 8.77. The van der Waals surface area contributed by atoms with Gasteiger partial charge in [-0.05, 0) is 98.3 Å². The first-order valence-electron chi connectivity index (χ1n) is 11.6. The maximum absolute atomic E-state index is 6.79. The van der Waals surface area contributed by atoms with Crippen LogP contribution in [0.5, 0.6) is 0 Å². The minimum Gasteiger partial charge on any atom is -0.330 e. The molecule has 0 aromatic heterocycles. The Morgan fingerprint density at radius 2 is 1.91 bits per heavy atom. The van der Waals surface area contributed by atoms with Crippen molar-refractivity contribution < 1.29 is 0 Å². The smallest absolute Gasteiger partial charge is 0.0442 e. The summed E-state index contributed by atoms with van der Waals surface area (Å²) in [5.41, 5.74) is 8.32. The van der Waals surface area contributed by atoms with Gasteiger partial charge in [-0.1, -0.05) is 84.6 Å². The van der Waals surface area contributed by atoms with Crippen LogP contribution in [0.1, 0.15) is 50.3 Å². The van der Waals surface area contributed by atoms with Crippen LogP contribution in [0.15, 0.2) is 82.9 Å². The van der Waals surface area contributed by atoms with Gasteiger partial charge >= 0.3 is 0 Å². The molecule has 2 aromatic carbocycles. The second kappa shape index (κ2) is 12.4. The fraction of sp³-hybridized carbons (Fsp3) is 0.379. The van der Waals surface area contributed by atoms with Crippen LogP contribution in [0, 0.1) is 11.8 Å². The molecular formula is C29H36ClNS. The number of halogens is 1. The lowest BCUT2D eigenvalue weighted by molar-refractivity contribution is 0.349. The van der Waals surface area contributed by atoms with Crippen LogP contribution >= 0.6 is 23.5 Å². The average Bonchev–Trinajstić information content (AvgIpc) is 2.85. The van der Waals surface area contributed by atoms with Crippen molar-refractivity contribution >= 4 is 29.2 Å². The predicted molar refractivity (Wildman–Crippen MR) is 144 cm³/mol. The quantitative estimate of drug-likeness (QED) is 0.324. The normalized spacial score (nSPS) is 20.9. The van der Waals surface area contributed by atoms with E-state index in [1.165, 1.54) is 33.5 Å². The van der Waals surface area contributed by atoms with Gasteiger partial charge in [0.1, 0.15) is 0 Å². The van der Waals surface area contributed by atoms with Gasteiger partial charge in [-0.25, -0.2) is 0 Å². The van der Waals surface area contributed by atoms with Crippen molar-refractivity contribution in [3.63, 3.8) is 0 Å². The molecule has 1 N–H and O–H groups in total. The van der Waals surface area contributed by atoms with E-state index >= 15 is 0 Å². The van der Waals surface area contributed by atoms with E-state index in [-0.39, 0.29) is 0 Å². The van der Waals surface area contributed by atoms with E-state index in [9.17, 15) is 0 Å². The summed E-state index contributed by atoms with van der Waals surface area (Å²) in [5, 5.41) is 0.891. The highest BCUT2D eigenvalue weighted by atomic mass is 35.5. The Kier molecular flexibility index (Phi) is 9.56. The highest BCUT2D eigenvalue weighted by molar-refractivity contribution is 7.99. The number of benzene rings is 2. The Hall–Kier alpha value is -1.90. The Morgan fingerprint density at radius 1 is 1.12 bits per heavy atom. The molecular weight excluding hydrogens is 430 g/mol. The van der Waals surface area contributed by atoms with Gasteiger partial charge in [-0.2, -0.15) is 0 Å². The first-order chi connectivity index (χ1) is 15.5. The van der Waals surface area contributed by atoms with Gasteiger partial charge in [0.2, 0.25) is 0 Å². The average molecular weight is 466 g/mol. The number of hydrogen-bond acceptors (Lipinski definition) is 2.